The Bertz CT molecular complexity index is 359. The first-order chi connectivity index (χ1) is 7.74. The van der Waals surface area contributed by atoms with Crippen molar-refractivity contribution in [1.82, 2.24) is 10.2 Å². The lowest BCUT2D eigenvalue weighted by Gasteiger charge is -2.20. The van der Waals surface area contributed by atoms with Crippen molar-refractivity contribution in [2.75, 3.05) is 11.1 Å². The van der Waals surface area contributed by atoms with Crippen LogP contribution in [0.5, 0.6) is 0 Å². The number of carbonyl (C=O) groups excluding carboxylic acids is 1. The van der Waals surface area contributed by atoms with Crippen molar-refractivity contribution < 1.29 is 4.79 Å². The summed E-state index contributed by atoms with van der Waals surface area (Å²) in [6.07, 6.45) is 6.76. The first kappa shape index (κ1) is 11.3. The number of hydrogen-bond donors (Lipinski definition) is 2. The molecule has 0 radical (unpaired) electrons. The van der Waals surface area contributed by atoms with E-state index in [0.717, 1.165) is 0 Å². The fraction of sp³-hybridized carbons (Fsp3) is 0.700. The Morgan fingerprint density at radius 1 is 1.38 bits per heavy atom. The van der Waals surface area contributed by atoms with Crippen molar-refractivity contribution in [2.45, 2.75) is 38.5 Å². The van der Waals surface area contributed by atoms with Crippen LogP contribution in [0.3, 0.4) is 0 Å². The highest BCUT2D eigenvalue weighted by Crippen LogP contribution is 2.26. The van der Waals surface area contributed by atoms with Crippen LogP contribution in [0.2, 0.25) is 0 Å². The summed E-state index contributed by atoms with van der Waals surface area (Å²) in [5.74, 6) is 0.571. The molecule has 88 valence electrons. The predicted octanol–water partition coefficient (Wildman–Crippen LogP) is 2.03. The zero-order chi connectivity index (χ0) is 11.4. The number of hydrogen-bond acceptors (Lipinski definition) is 5. The highest BCUT2D eigenvalue weighted by atomic mass is 32.1. The van der Waals surface area contributed by atoms with Gasteiger partial charge in [0, 0.05) is 6.42 Å². The Kier molecular flexibility index (Phi) is 3.71. The molecule has 0 spiro atoms. The Labute approximate surface area is 98.4 Å². The van der Waals surface area contributed by atoms with Gasteiger partial charge in [0.05, 0.1) is 0 Å². The first-order valence-corrected chi connectivity index (χ1v) is 6.44. The molecule has 1 aromatic heterocycles. The van der Waals surface area contributed by atoms with Gasteiger partial charge >= 0.3 is 0 Å². The molecule has 2 rings (SSSR count). The van der Waals surface area contributed by atoms with Gasteiger partial charge in [-0.3, -0.25) is 4.79 Å². The van der Waals surface area contributed by atoms with E-state index in [1.54, 1.807) is 0 Å². The maximum absolute atomic E-state index is 11.7. The van der Waals surface area contributed by atoms with E-state index in [9.17, 15) is 4.79 Å². The average molecular weight is 240 g/mol. The van der Waals surface area contributed by atoms with Crippen molar-refractivity contribution in [3.8, 4) is 0 Å². The van der Waals surface area contributed by atoms with Gasteiger partial charge in [-0.25, -0.2) is 0 Å². The molecule has 1 aromatic rings. The molecular weight excluding hydrogens is 224 g/mol. The summed E-state index contributed by atoms with van der Waals surface area (Å²) in [5, 5.41) is 11.0. The van der Waals surface area contributed by atoms with Crippen LogP contribution in [0, 0.1) is 5.92 Å². The Morgan fingerprint density at radius 3 is 2.75 bits per heavy atom. The predicted molar refractivity (Wildman–Crippen MR) is 64.1 cm³/mol. The molecule has 1 amide bonds. The van der Waals surface area contributed by atoms with Crippen molar-refractivity contribution in [1.29, 1.82) is 0 Å². The number of nitrogens with zero attached hydrogens (tertiary/aromatic N) is 2. The molecule has 0 unspecified atom stereocenters. The monoisotopic (exact) mass is 240 g/mol. The normalized spacial score (nSPS) is 17.2. The lowest BCUT2D eigenvalue weighted by Crippen LogP contribution is -2.18. The number of nitrogens with one attached hydrogen (secondary N) is 1. The molecule has 3 N–H and O–H groups in total. The molecule has 0 aromatic carbocycles. The van der Waals surface area contributed by atoms with Gasteiger partial charge < -0.3 is 11.1 Å². The van der Waals surface area contributed by atoms with Gasteiger partial charge in [0.15, 0.2) is 0 Å². The lowest BCUT2D eigenvalue weighted by atomic mass is 9.87. The average Bonchev–Trinajstić information content (AvgIpc) is 2.65. The van der Waals surface area contributed by atoms with Crippen LogP contribution in [-0.2, 0) is 4.79 Å². The fourth-order valence-electron chi connectivity index (χ4n) is 2.11. The van der Waals surface area contributed by atoms with E-state index >= 15 is 0 Å². The second-order valence-electron chi connectivity index (χ2n) is 4.20. The minimum absolute atomic E-state index is 0.0306. The standard InChI is InChI=1S/C10H16N4OS/c11-9-13-14-10(16-9)12-8(15)6-7-4-2-1-3-5-7/h7H,1-6H2,(H2,11,13)(H,12,14,15). The van der Waals surface area contributed by atoms with Gasteiger partial charge in [0.25, 0.3) is 0 Å². The van der Waals surface area contributed by atoms with Gasteiger partial charge in [0.2, 0.25) is 16.2 Å². The highest BCUT2D eigenvalue weighted by molar-refractivity contribution is 7.18. The van der Waals surface area contributed by atoms with Crippen LogP contribution in [0.25, 0.3) is 0 Å². The molecule has 0 bridgehead atoms. The lowest BCUT2D eigenvalue weighted by molar-refractivity contribution is -0.117. The molecule has 6 heteroatoms. The summed E-state index contributed by atoms with van der Waals surface area (Å²) in [4.78, 5) is 11.7. The number of nitrogens with two attached hydrogens (primary N) is 1. The maximum atomic E-state index is 11.7. The van der Waals surface area contributed by atoms with Gasteiger partial charge in [0.1, 0.15) is 0 Å². The Hall–Kier alpha value is -1.17. The van der Waals surface area contributed by atoms with Crippen LogP contribution in [0.1, 0.15) is 38.5 Å². The highest BCUT2D eigenvalue weighted by Gasteiger charge is 2.17. The second kappa shape index (κ2) is 5.25. The number of rotatable bonds is 3. The van der Waals surface area contributed by atoms with Crippen molar-refractivity contribution in [3.63, 3.8) is 0 Å². The van der Waals surface area contributed by atoms with Gasteiger partial charge in [-0.05, 0) is 18.8 Å². The van der Waals surface area contributed by atoms with Crippen LogP contribution in [0.4, 0.5) is 10.3 Å². The maximum Gasteiger partial charge on any atom is 0.226 e. The summed E-state index contributed by atoms with van der Waals surface area (Å²) >= 11 is 1.20. The molecule has 1 aliphatic rings. The first-order valence-electron chi connectivity index (χ1n) is 5.63. The zero-order valence-electron chi connectivity index (χ0n) is 9.11. The number of carbonyl (C=O) groups is 1. The second-order valence-corrected chi connectivity index (χ2v) is 5.21. The van der Waals surface area contributed by atoms with E-state index in [0.29, 0.717) is 22.6 Å². The van der Waals surface area contributed by atoms with E-state index in [1.807, 2.05) is 0 Å². The molecule has 5 nitrogen and oxygen atoms in total. The van der Waals surface area contributed by atoms with Gasteiger partial charge in [-0.1, -0.05) is 30.6 Å². The van der Waals surface area contributed by atoms with E-state index in [-0.39, 0.29) is 5.91 Å². The van der Waals surface area contributed by atoms with Crippen molar-refractivity contribution in [3.05, 3.63) is 0 Å². The third kappa shape index (κ3) is 3.16. The number of anilines is 2. The van der Waals surface area contributed by atoms with Gasteiger partial charge in [-0.2, -0.15) is 0 Å². The molecule has 0 atom stereocenters. The van der Waals surface area contributed by atoms with Crippen molar-refractivity contribution in [2.24, 2.45) is 5.92 Å². The summed E-state index contributed by atoms with van der Waals surface area (Å²) in [7, 11) is 0. The van der Waals surface area contributed by atoms with Crippen LogP contribution >= 0.6 is 11.3 Å². The van der Waals surface area contributed by atoms with E-state index in [4.69, 9.17) is 5.73 Å². The molecular formula is C10H16N4OS. The molecule has 1 fully saturated rings. The molecule has 1 heterocycles. The Morgan fingerprint density at radius 2 is 2.12 bits per heavy atom. The van der Waals surface area contributed by atoms with E-state index < -0.39 is 0 Å². The molecule has 1 saturated carbocycles. The SMILES string of the molecule is Nc1nnc(NC(=O)CC2CCCCC2)s1. The largest absolute Gasteiger partial charge is 0.374 e. The fourth-order valence-corrected chi connectivity index (χ4v) is 2.64. The van der Waals surface area contributed by atoms with Crippen LogP contribution in [0.15, 0.2) is 0 Å². The smallest absolute Gasteiger partial charge is 0.226 e. The summed E-state index contributed by atoms with van der Waals surface area (Å²) in [6, 6.07) is 0. The topological polar surface area (TPSA) is 80.9 Å². The van der Waals surface area contributed by atoms with E-state index in [2.05, 4.69) is 15.5 Å². The van der Waals surface area contributed by atoms with Gasteiger partial charge in [-0.15, -0.1) is 10.2 Å². The third-order valence-electron chi connectivity index (χ3n) is 2.89. The summed E-state index contributed by atoms with van der Waals surface area (Å²) < 4.78 is 0. The molecule has 1 aliphatic carbocycles. The molecule has 16 heavy (non-hydrogen) atoms. The van der Waals surface area contributed by atoms with Crippen LogP contribution < -0.4 is 11.1 Å². The zero-order valence-corrected chi connectivity index (χ0v) is 9.92. The molecule has 0 saturated heterocycles. The van der Waals surface area contributed by atoms with Crippen LogP contribution in [-0.4, -0.2) is 16.1 Å². The Balaban J connectivity index is 1.79. The molecule has 0 aliphatic heterocycles. The van der Waals surface area contributed by atoms with Crippen molar-refractivity contribution >= 4 is 27.5 Å². The number of nitrogen functional groups attached to an aromatic ring is 1. The quantitative estimate of drug-likeness (QED) is 0.847. The number of aromatic nitrogens is 2. The minimum atomic E-state index is 0.0306. The number of amides is 1. The minimum Gasteiger partial charge on any atom is -0.374 e. The summed E-state index contributed by atoms with van der Waals surface area (Å²) in [5.41, 5.74) is 5.43. The third-order valence-corrected chi connectivity index (χ3v) is 3.55. The van der Waals surface area contributed by atoms with E-state index in [1.165, 1.54) is 43.4 Å². The summed E-state index contributed by atoms with van der Waals surface area (Å²) in [6.45, 7) is 0.